The maximum Gasteiger partial charge on any atom is 0.231 e. The Hall–Kier alpha value is -1.88. The summed E-state index contributed by atoms with van der Waals surface area (Å²) in [5.41, 5.74) is 9.55. The molecule has 0 bridgehead atoms. The summed E-state index contributed by atoms with van der Waals surface area (Å²) in [7, 11) is 1.80. The minimum Gasteiger partial charge on any atom is -0.375 e. The largest absolute Gasteiger partial charge is 0.375 e. The summed E-state index contributed by atoms with van der Waals surface area (Å²) in [5.74, 6) is 0.134. The van der Waals surface area contributed by atoms with Gasteiger partial charge in [0.05, 0.1) is 12.1 Å². The summed E-state index contributed by atoms with van der Waals surface area (Å²) in [4.78, 5) is 17.5. The topological polar surface area (TPSA) is 59.2 Å². The molecule has 1 aliphatic rings. The van der Waals surface area contributed by atoms with E-state index in [9.17, 15) is 4.79 Å². The molecule has 17 heavy (non-hydrogen) atoms. The molecule has 5 heteroatoms. The van der Waals surface area contributed by atoms with Crippen LogP contribution < -0.4 is 10.6 Å². The lowest BCUT2D eigenvalue weighted by Crippen LogP contribution is -2.20. The fourth-order valence-electron chi connectivity index (χ4n) is 2.05. The Kier molecular flexibility index (Phi) is 2.16. The number of nitrogen functional groups attached to an aromatic ring is 1. The minimum absolute atomic E-state index is 0.134. The van der Waals surface area contributed by atoms with E-state index in [4.69, 9.17) is 5.73 Å². The summed E-state index contributed by atoms with van der Waals surface area (Å²) < 4.78 is 0. The second-order valence-electron chi connectivity index (χ2n) is 4.04. The minimum atomic E-state index is 0.134. The van der Waals surface area contributed by atoms with Gasteiger partial charge >= 0.3 is 0 Å². The fourth-order valence-corrected chi connectivity index (χ4v) is 2.62. The summed E-state index contributed by atoms with van der Waals surface area (Å²) in [5, 5.41) is 2.49. The Morgan fingerprint density at radius 2 is 2.29 bits per heavy atom. The van der Waals surface area contributed by atoms with Crippen LogP contribution in [0.5, 0.6) is 0 Å². The van der Waals surface area contributed by atoms with Crippen molar-refractivity contribution in [2.24, 2.45) is 0 Å². The molecule has 1 aromatic heterocycles. The predicted octanol–water partition coefficient (Wildman–Crippen LogP) is 1.91. The molecule has 3 rings (SSSR count). The molecule has 4 nitrogen and oxygen atoms in total. The van der Waals surface area contributed by atoms with Crippen LogP contribution in [0.3, 0.4) is 0 Å². The van der Waals surface area contributed by atoms with Gasteiger partial charge in [0.15, 0.2) is 5.13 Å². The van der Waals surface area contributed by atoms with Gasteiger partial charge in [0.2, 0.25) is 5.91 Å². The Balaban J connectivity index is 2.06. The van der Waals surface area contributed by atoms with E-state index in [-0.39, 0.29) is 5.91 Å². The van der Waals surface area contributed by atoms with Crippen LogP contribution in [-0.2, 0) is 11.2 Å². The first-order valence-electron chi connectivity index (χ1n) is 5.26. The van der Waals surface area contributed by atoms with E-state index in [0.29, 0.717) is 11.6 Å². The van der Waals surface area contributed by atoms with Crippen LogP contribution in [0.2, 0.25) is 0 Å². The van der Waals surface area contributed by atoms with E-state index in [1.807, 2.05) is 23.6 Å². The van der Waals surface area contributed by atoms with E-state index in [1.54, 1.807) is 11.9 Å². The average molecular weight is 245 g/mol. The highest BCUT2D eigenvalue weighted by Crippen LogP contribution is 2.32. The smallest absolute Gasteiger partial charge is 0.231 e. The number of carbonyl (C=O) groups is 1. The van der Waals surface area contributed by atoms with Crippen LogP contribution >= 0.6 is 11.3 Å². The number of nitrogens with two attached hydrogens (primary N) is 1. The normalized spacial score (nSPS) is 14.2. The number of nitrogens with zero attached hydrogens (tertiary/aromatic N) is 2. The van der Waals surface area contributed by atoms with Gasteiger partial charge < -0.3 is 10.6 Å². The number of fused-ring (bicyclic) bond motifs is 1. The molecule has 0 aliphatic carbocycles. The molecule has 1 aromatic carbocycles. The van der Waals surface area contributed by atoms with Crippen LogP contribution in [0.1, 0.15) is 5.56 Å². The number of anilines is 2. The molecule has 2 heterocycles. The number of hydrogen-bond acceptors (Lipinski definition) is 4. The standard InChI is InChI=1S/C12H11N3OS/c1-15-10-3-2-7(4-8(10)5-11(15)16)9-6-17-12(13)14-9/h2-4,6H,5H2,1H3,(H2,13,14). The lowest BCUT2D eigenvalue weighted by molar-refractivity contribution is -0.117. The number of rotatable bonds is 1. The molecule has 1 amide bonds. The van der Waals surface area contributed by atoms with Gasteiger partial charge in [-0.3, -0.25) is 4.79 Å². The first-order chi connectivity index (χ1) is 8.15. The molecule has 86 valence electrons. The van der Waals surface area contributed by atoms with Crippen molar-refractivity contribution in [3.63, 3.8) is 0 Å². The van der Waals surface area contributed by atoms with Crippen molar-refractivity contribution in [1.82, 2.24) is 4.98 Å². The number of amides is 1. The van der Waals surface area contributed by atoms with Gasteiger partial charge in [0, 0.05) is 23.7 Å². The van der Waals surface area contributed by atoms with Gasteiger partial charge in [-0.05, 0) is 17.7 Å². The van der Waals surface area contributed by atoms with Gasteiger partial charge in [-0.2, -0.15) is 0 Å². The van der Waals surface area contributed by atoms with Gasteiger partial charge in [0.25, 0.3) is 0 Å². The van der Waals surface area contributed by atoms with Crippen LogP contribution in [0.15, 0.2) is 23.6 Å². The third-order valence-corrected chi connectivity index (χ3v) is 3.65. The molecule has 1 aliphatic heterocycles. The lowest BCUT2D eigenvalue weighted by Gasteiger charge is -2.09. The Morgan fingerprint density at radius 1 is 1.47 bits per heavy atom. The number of likely N-dealkylation sites (N-methyl/N-ethyl adjacent to an activating group) is 1. The molecule has 0 atom stereocenters. The lowest BCUT2D eigenvalue weighted by atomic mass is 10.1. The Bertz CT molecular complexity index is 606. The molecule has 0 saturated heterocycles. The first kappa shape index (κ1) is 10.3. The molecule has 2 aromatic rings. The molecule has 0 fully saturated rings. The van der Waals surface area contributed by atoms with Crippen molar-refractivity contribution < 1.29 is 4.79 Å². The van der Waals surface area contributed by atoms with Crippen molar-refractivity contribution >= 4 is 28.1 Å². The van der Waals surface area contributed by atoms with Crippen molar-refractivity contribution in [3.05, 3.63) is 29.1 Å². The SMILES string of the molecule is CN1C(=O)Cc2cc(-c3csc(N)n3)ccc21. The van der Waals surface area contributed by atoms with Gasteiger partial charge in [-0.1, -0.05) is 6.07 Å². The number of benzene rings is 1. The van der Waals surface area contributed by atoms with Gasteiger partial charge in [0.1, 0.15) is 0 Å². The summed E-state index contributed by atoms with van der Waals surface area (Å²) >= 11 is 1.42. The van der Waals surface area contributed by atoms with Crippen LogP contribution in [0.4, 0.5) is 10.8 Å². The molecule has 0 radical (unpaired) electrons. The van der Waals surface area contributed by atoms with Crippen LogP contribution in [0, 0.1) is 0 Å². The fraction of sp³-hybridized carbons (Fsp3) is 0.167. The van der Waals surface area contributed by atoms with Crippen molar-refractivity contribution in [2.75, 3.05) is 17.7 Å². The van der Waals surface area contributed by atoms with Crippen LogP contribution in [-0.4, -0.2) is 17.9 Å². The zero-order valence-electron chi connectivity index (χ0n) is 9.30. The third-order valence-electron chi connectivity index (χ3n) is 2.97. The second kappa shape index (κ2) is 3.56. The molecule has 0 spiro atoms. The van der Waals surface area contributed by atoms with E-state index in [1.165, 1.54) is 11.3 Å². The Labute approximate surface area is 103 Å². The quantitative estimate of drug-likeness (QED) is 0.835. The summed E-state index contributed by atoms with van der Waals surface area (Å²) in [6.07, 6.45) is 0.472. The summed E-state index contributed by atoms with van der Waals surface area (Å²) in [6.45, 7) is 0. The maximum absolute atomic E-state index is 11.6. The zero-order chi connectivity index (χ0) is 12.0. The summed E-state index contributed by atoms with van der Waals surface area (Å²) in [6, 6.07) is 5.96. The highest BCUT2D eigenvalue weighted by atomic mass is 32.1. The van der Waals surface area contributed by atoms with Gasteiger partial charge in [-0.25, -0.2) is 4.98 Å². The van der Waals surface area contributed by atoms with Gasteiger partial charge in [-0.15, -0.1) is 11.3 Å². The van der Waals surface area contributed by atoms with E-state index in [2.05, 4.69) is 4.98 Å². The number of hydrogen-bond donors (Lipinski definition) is 1. The molecule has 0 saturated carbocycles. The highest BCUT2D eigenvalue weighted by Gasteiger charge is 2.24. The number of carbonyl (C=O) groups excluding carboxylic acids is 1. The maximum atomic E-state index is 11.6. The first-order valence-corrected chi connectivity index (χ1v) is 6.14. The number of aromatic nitrogens is 1. The molecule has 2 N–H and O–H groups in total. The van der Waals surface area contributed by atoms with Crippen molar-refractivity contribution in [1.29, 1.82) is 0 Å². The van der Waals surface area contributed by atoms with Crippen LogP contribution in [0.25, 0.3) is 11.3 Å². The number of thiazole rings is 1. The zero-order valence-corrected chi connectivity index (χ0v) is 10.1. The van der Waals surface area contributed by atoms with Crippen molar-refractivity contribution in [2.45, 2.75) is 6.42 Å². The second-order valence-corrected chi connectivity index (χ2v) is 4.93. The highest BCUT2D eigenvalue weighted by molar-refractivity contribution is 7.13. The average Bonchev–Trinajstić information content (AvgIpc) is 2.85. The van der Waals surface area contributed by atoms with E-state index < -0.39 is 0 Å². The Morgan fingerprint density at radius 3 is 3.00 bits per heavy atom. The molecular formula is C12H11N3OS. The predicted molar refractivity (Wildman–Crippen MR) is 69.1 cm³/mol. The molecular weight excluding hydrogens is 234 g/mol. The monoisotopic (exact) mass is 245 g/mol. The van der Waals surface area contributed by atoms with E-state index in [0.717, 1.165) is 22.5 Å². The third kappa shape index (κ3) is 1.59. The molecule has 0 unspecified atom stereocenters. The van der Waals surface area contributed by atoms with E-state index >= 15 is 0 Å². The van der Waals surface area contributed by atoms with Crippen molar-refractivity contribution in [3.8, 4) is 11.3 Å².